The van der Waals surface area contributed by atoms with Crippen molar-refractivity contribution in [3.8, 4) is 0 Å². The minimum absolute atomic E-state index is 0.500. The first-order valence-corrected chi connectivity index (χ1v) is 7.56. The normalized spacial score (nSPS) is 19.8. The van der Waals surface area contributed by atoms with Gasteiger partial charge in [0.15, 0.2) is 5.65 Å². The molecular formula is C13H18BrN5. The molecule has 0 saturated carbocycles. The molecule has 0 bridgehead atoms. The number of hydrogen-bond donors (Lipinski definition) is 1. The summed E-state index contributed by atoms with van der Waals surface area (Å²) in [4.78, 5) is 6.93. The van der Waals surface area contributed by atoms with Crippen LogP contribution in [-0.4, -0.2) is 40.3 Å². The molecule has 6 heteroatoms. The van der Waals surface area contributed by atoms with E-state index in [1.165, 1.54) is 12.8 Å². The highest BCUT2D eigenvalue weighted by molar-refractivity contribution is 9.10. The van der Waals surface area contributed by atoms with Gasteiger partial charge < -0.3 is 10.2 Å². The lowest BCUT2D eigenvalue weighted by molar-refractivity contribution is 0.431. The first kappa shape index (κ1) is 12.9. The zero-order chi connectivity index (χ0) is 13.2. The fourth-order valence-corrected chi connectivity index (χ4v) is 2.96. The predicted molar refractivity (Wildman–Crippen MR) is 79.6 cm³/mol. The van der Waals surface area contributed by atoms with Crippen LogP contribution in [0.4, 0.5) is 5.95 Å². The minimum atomic E-state index is 0.500. The molecule has 0 aliphatic carbocycles. The second-order valence-corrected chi connectivity index (χ2v) is 5.76. The Balaban J connectivity index is 1.91. The molecule has 1 saturated heterocycles. The third-order valence-corrected chi connectivity index (χ3v) is 4.06. The van der Waals surface area contributed by atoms with E-state index < -0.39 is 0 Å². The number of aromatic nitrogens is 3. The molecule has 1 aliphatic heterocycles. The van der Waals surface area contributed by atoms with E-state index in [1.54, 1.807) is 0 Å². The van der Waals surface area contributed by atoms with Gasteiger partial charge in [0.25, 0.3) is 0 Å². The molecule has 3 rings (SSSR count). The lowest BCUT2D eigenvalue weighted by atomic mass is 10.1. The molecule has 2 aromatic heterocycles. The number of hydrogen-bond acceptors (Lipinski definition) is 4. The van der Waals surface area contributed by atoms with Gasteiger partial charge in [0.2, 0.25) is 5.95 Å². The van der Waals surface area contributed by atoms with Gasteiger partial charge in [0, 0.05) is 29.8 Å². The molecule has 0 spiro atoms. The van der Waals surface area contributed by atoms with E-state index in [4.69, 9.17) is 0 Å². The fraction of sp³-hybridized carbons (Fsp3) is 0.538. The molecule has 1 N–H and O–H groups in total. The minimum Gasteiger partial charge on any atom is -0.336 e. The Morgan fingerprint density at radius 3 is 3.16 bits per heavy atom. The predicted octanol–water partition coefficient (Wildman–Crippen LogP) is 2.07. The zero-order valence-electron chi connectivity index (χ0n) is 11.0. The number of nitrogens with zero attached hydrogens (tertiary/aromatic N) is 4. The smallest absolute Gasteiger partial charge is 0.245 e. The molecule has 0 aromatic carbocycles. The quantitative estimate of drug-likeness (QED) is 0.939. The van der Waals surface area contributed by atoms with Crippen LogP contribution in [0.2, 0.25) is 0 Å². The second-order valence-electron chi connectivity index (χ2n) is 4.85. The van der Waals surface area contributed by atoms with E-state index in [-0.39, 0.29) is 0 Å². The first-order chi connectivity index (χ1) is 9.28. The number of halogens is 1. The van der Waals surface area contributed by atoms with Crippen LogP contribution in [-0.2, 0) is 0 Å². The van der Waals surface area contributed by atoms with Gasteiger partial charge in [-0.3, -0.25) is 0 Å². The zero-order valence-corrected chi connectivity index (χ0v) is 12.6. The number of piperidine rings is 1. The molecule has 19 heavy (non-hydrogen) atoms. The van der Waals surface area contributed by atoms with E-state index in [1.807, 2.05) is 22.8 Å². The Bertz CT molecular complexity index is 561. The molecule has 1 atom stereocenters. The molecule has 102 valence electrons. The van der Waals surface area contributed by atoms with Crippen molar-refractivity contribution in [2.75, 3.05) is 24.5 Å². The molecule has 3 heterocycles. The monoisotopic (exact) mass is 323 g/mol. The van der Waals surface area contributed by atoms with Gasteiger partial charge in [-0.2, -0.15) is 4.98 Å². The molecule has 1 unspecified atom stereocenters. The van der Waals surface area contributed by atoms with Crippen LogP contribution in [0.25, 0.3) is 5.65 Å². The van der Waals surface area contributed by atoms with E-state index in [2.05, 4.69) is 43.2 Å². The van der Waals surface area contributed by atoms with Crippen LogP contribution >= 0.6 is 15.9 Å². The van der Waals surface area contributed by atoms with E-state index >= 15 is 0 Å². The third-order valence-electron chi connectivity index (χ3n) is 3.59. The summed E-state index contributed by atoms with van der Waals surface area (Å²) >= 11 is 3.46. The first-order valence-electron chi connectivity index (χ1n) is 6.77. The highest BCUT2D eigenvalue weighted by Gasteiger charge is 2.22. The summed E-state index contributed by atoms with van der Waals surface area (Å²) in [6.07, 6.45) is 4.37. The molecule has 5 nitrogen and oxygen atoms in total. The van der Waals surface area contributed by atoms with Crippen molar-refractivity contribution >= 4 is 27.5 Å². The summed E-state index contributed by atoms with van der Waals surface area (Å²) in [5.74, 6) is 0.828. The SMILES string of the molecule is CCN(c1nc2ccc(Br)cn2n1)C1CCCNC1. The van der Waals surface area contributed by atoms with Crippen LogP contribution in [0.15, 0.2) is 22.8 Å². The van der Waals surface area contributed by atoms with Crippen LogP contribution in [0.3, 0.4) is 0 Å². The van der Waals surface area contributed by atoms with Gasteiger partial charge >= 0.3 is 0 Å². The Kier molecular flexibility index (Phi) is 3.70. The number of fused-ring (bicyclic) bond motifs is 1. The highest BCUT2D eigenvalue weighted by atomic mass is 79.9. The van der Waals surface area contributed by atoms with Crippen molar-refractivity contribution in [2.24, 2.45) is 0 Å². The van der Waals surface area contributed by atoms with Crippen molar-refractivity contribution in [1.29, 1.82) is 0 Å². The Labute approximate surface area is 121 Å². The lowest BCUT2D eigenvalue weighted by Crippen LogP contribution is -2.46. The van der Waals surface area contributed by atoms with E-state index in [9.17, 15) is 0 Å². The number of rotatable bonds is 3. The number of anilines is 1. The summed E-state index contributed by atoms with van der Waals surface area (Å²) in [5.41, 5.74) is 0.889. The Hall–Kier alpha value is -1.14. The largest absolute Gasteiger partial charge is 0.336 e. The molecule has 0 amide bonds. The molecule has 1 aliphatic rings. The lowest BCUT2D eigenvalue weighted by Gasteiger charge is -2.33. The highest BCUT2D eigenvalue weighted by Crippen LogP contribution is 2.19. The average Bonchev–Trinajstić information content (AvgIpc) is 2.83. The maximum Gasteiger partial charge on any atom is 0.245 e. The number of pyridine rings is 1. The fourth-order valence-electron chi connectivity index (χ4n) is 2.63. The maximum atomic E-state index is 4.63. The summed E-state index contributed by atoms with van der Waals surface area (Å²) < 4.78 is 2.84. The van der Waals surface area contributed by atoms with Crippen LogP contribution in [0.1, 0.15) is 19.8 Å². The van der Waals surface area contributed by atoms with Crippen molar-refractivity contribution in [3.05, 3.63) is 22.8 Å². The maximum absolute atomic E-state index is 4.63. The van der Waals surface area contributed by atoms with Gasteiger partial charge in [-0.15, -0.1) is 5.10 Å². The van der Waals surface area contributed by atoms with Gasteiger partial charge in [-0.1, -0.05) is 0 Å². The van der Waals surface area contributed by atoms with Crippen molar-refractivity contribution in [3.63, 3.8) is 0 Å². The van der Waals surface area contributed by atoms with E-state index in [0.29, 0.717) is 6.04 Å². The summed E-state index contributed by atoms with van der Waals surface area (Å²) in [5, 5.41) is 8.04. The van der Waals surface area contributed by atoms with Gasteiger partial charge in [0.1, 0.15) is 0 Å². The Morgan fingerprint density at radius 2 is 2.42 bits per heavy atom. The van der Waals surface area contributed by atoms with E-state index in [0.717, 1.165) is 35.7 Å². The van der Waals surface area contributed by atoms with Crippen molar-refractivity contribution in [1.82, 2.24) is 19.9 Å². The summed E-state index contributed by atoms with van der Waals surface area (Å²) in [6, 6.07) is 4.47. The van der Waals surface area contributed by atoms with Gasteiger partial charge in [0.05, 0.1) is 0 Å². The Morgan fingerprint density at radius 1 is 1.53 bits per heavy atom. The van der Waals surface area contributed by atoms with Crippen molar-refractivity contribution in [2.45, 2.75) is 25.8 Å². The molecule has 1 fully saturated rings. The molecular weight excluding hydrogens is 306 g/mol. The molecule has 2 aromatic rings. The average molecular weight is 324 g/mol. The van der Waals surface area contributed by atoms with Crippen LogP contribution < -0.4 is 10.2 Å². The third kappa shape index (κ3) is 2.60. The number of likely N-dealkylation sites (N-methyl/N-ethyl adjacent to an activating group) is 1. The summed E-state index contributed by atoms with van der Waals surface area (Å²) in [6.45, 7) is 5.24. The van der Waals surface area contributed by atoms with Gasteiger partial charge in [-0.05, 0) is 54.4 Å². The topological polar surface area (TPSA) is 45.5 Å². The van der Waals surface area contributed by atoms with Crippen LogP contribution in [0.5, 0.6) is 0 Å². The van der Waals surface area contributed by atoms with Crippen molar-refractivity contribution < 1.29 is 0 Å². The number of nitrogens with one attached hydrogen (secondary N) is 1. The second kappa shape index (κ2) is 5.46. The van der Waals surface area contributed by atoms with Crippen LogP contribution in [0, 0.1) is 0 Å². The standard InChI is InChI=1S/C13H18BrN5/c1-2-18(11-4-3-7-15-8-11)13-16-12-6-5-10(14)9-19(12)17-13/h5-6,9,11,15H,2-4,7-8H2,1H3. The molecule has 0 radical (unpaired) electrons. The van der Waals surface area contributed by atoms with Gasteiger partial charge in [-0.25, -0.2) is 4.52 Å². The summed E-state index contributed by atoms with van der Waals surface area (Å²) in [7, 11) is 0.